The van der Waals surface area contributed by atoms with Crippen LogP contribution in [-0.2, 0) is 4.74 Å². The van der Waals surface area contributed by atoms with E-state index in [9.17, 15) is 14.3 Å². The second-order valence-electron chi connectivity index (χ2n) is 6.55. The number of Topliss-reactive ketones (excluding diaryl/α,β-unsaturated/α-hetero) is 1. The summed E-state index contributed by atoms with van der Waals surface area (Å²) in [6.45, 7) is 9.10. The smallest absolute Gasteiger partial charge is 0.159 e. The van der Waals surface area contributed by atoms with Crippen LogP contribution in [-0.4, -0.2) is 67.3 Å². The van der Waals surface area contributed by atoms with Gasteiger partial charge in [-0.3, -0.25) is 9.69 Å². The number of rotatable bonds is 7. The first kappa shape index (κ1) is 18.8. The summed E-state index contributed by atoms with van der Waals surface area (Å²) < 4.78 is 19.6. The van der Waals surface area contributed by atoms with E-state index in [0.29, 0.717) is 37.5 Å². The minimum absolute atomic E-state index is 0.109. The molecule has 1 aliphatic heterocycles. The molecule has 2 rings (SSSR count). The van der Waals surface area contributed by atoms with E-state index < -0.39 is 6.10 Å². The molecule has 0 aromatic heterocycles. The Bertz CT molecular complexity index is 557. The van der Waals surface area contributed by atoms with Crippen LogP contribution in [0.3, 0.4) is 0 Å². The number of hydrogen-bond donors (Lipinski definition) is 1. The van der Waals surface area contributed by atoms with Crippen LogP contribution in [0, 0.1) is 5.82 Å². The van der Waals surface area contributed by atoms with Crippen molar-refractivity contribution < 1.29 is 19.0 Å². The Balaban J connectivity index is 1.85. The Morgan fingerprint density at radius 1 is 1.29 bits per heavy atom. The molecule has 1 heterocycles. The molecule has 1 N–H and O–H groups in total. The average molecular weight is 338 g/mol. The molecule has 0 aliphatic carbocycles. The molecule has 1 atom stereocenters. The lowest BCUT2D eigenvalue weighted by molar-refractivity contribution is -0.00900. The monoisotopic (exact) mass is 338 g/mol. The van der Waals surface area contributed by atoms with Crippen LogP contribution < -0.4 is 4.90 Å². The Kier molecular flexibility index (Phi) is 6.71. The van der Waals surface area contributed by atoms with E-state index in [4.69, 9.17) is 4.74 Å². The molecule has 24 heavy (non-hydrogen) atoms. The van der Waals surface area contributed by atoms with Crippen molar-refractivity contribution >= 4 is 11.5 Å². The van der Waals surface area contributed by atoms with Gasteiger partial charge in [-0.15, -0.1) is 0 Å². The molecule has 1 saturated heterocycles. The van der Waals surface area contributed by atoms with Gasteiger partial charge in [0.1, 0.15) is 5.82 Å². The average Bonchev–Trinajstić information content (AvgIpc) is 2.53. The number of carbonyl (C=O) groups excluding carboxylic acids is 1. The maximum atomic E-state index is 14.2. The standard InChI is InChI=1S/C18H27FN2O3/c1-13(2)24-12-16(23)11-20-6-8-21(9-7-20)18-5-4-15(14(3)22)10-17(18)19/h4-5,10,13,16,23H,6-9,11-12H2,1-3H3. The molecular formula is C18H27FN2O3. The molecule has 0 radical (unpaired) electrons. The van der Waals surface area contributed by atoms with Crippen LogP contribution in [0.2, 0.25) is 0 Å². The fraction of sp³-hybridized carbons (Fsp3) is 0.611. The number of ether oxygens (including phenoxy) is 1. The van der Waals surface area contributed by atoms with E-state index in [1.54, 1.807) is 12.1 Å². The summed E-state index contributed by atoms with van der Waals surface area (Å²) in [5.74, 6) is -0.496. The van der Waals surface area contributed by atoms with Gasteiger partial charge in [-0.1, -0.05) is 0 Å². The van der Waals surface area contributed by atoms with Gasteiger partial charge in [0.2, 0.25) is 0 Å². The van der Waals surface area contributed by atoms with Gasteiger partial charge in [-0.2, -0.15) is 0 Å². The maximum absolute atomic E-state index is 14.2. The van der Waals surface area contributed by atoms with E-state index in [0.717, 1.165) is 13.1 Å². The topological polar surface area (TPSA) is 53.0 Å². The van der Waals surface area contributed by atoms with Crippen LogP contribution in [0.1, 0.15) is 31.1 Å². The van der Waals surface area contributed by atoms with E-state index in [1.807, 2.05) is 18.7 Å². The number of aliphatic hydroxyl groups is 1. The van der Waals surface area contributed by atoms with Gasteiger partial charge in [0, 0.05) is 38.3 Å². The summed E-state index contributed by atoms with van der Waals surface area (Å²) in [5, 5.41) is 9.99. The quantitative estimate of drug-likeness (QED) is 0.770. The first-order valence-electron chi connectivity index (χ1n) is 8.44. The normalized spacial score (nSPS) is 17.3. The lowest BCUT2D eigenvalue weighted by Gasteiger charge is -2.37. The Morgan fingerprint density at radius 3 is 2.50 bits per heavy atom. The Hall–Kier alpha value is -1.50. The van der Waals surface area contributed by atoms with Gasteiger partial charge >= 0.3 is 0 Å². The number of benzene rings is 1. The van der Waals surface area contributed by atoms with Gasteiger partial charge in [-0.25, -0.2) is 4.39 Å². The van der Waals surface area contributed by atoms with Crippen molar-refractivity contribution in [2.24, 2.45) is 0 Å². The molecule has 1 aliphatic rings. The fourth-order valence-corrected chi connectivity index (χ4v) is 2.81. The summed E-state index contributed by atoms with van der Waals surface area (Å²) >= 11 is 0. The van der Waals surface area contributed by atoms with Gasteiger partial charge in [0.25, 0.3) is 0 Å². The van der Waals surface area contributed by atoms with E-state index in [-0.39, 0.29) is 17.7 Å². The molecule has 1 aromatic carbocycles. The van der Waals surface area contributed by atoms with Crippen molar-refractivity contribution in [2.45, 2.75) is 33.0 Å². The van der Waals surface area contributed by atoms with Crippen LogP contribution in [0.5, 0.6) is 0 Å². The van der Waals surface area contributed by atoms with E-state index >= 15 is 0 Å². The summed E-state index contributed by atoms with van der Waals surface area (Å²) in [6, 6.07) is 4.64. The van der Waals surface area contributed by atoms with Crippen molar-refractivity contribution in [1.82, 2.24) is 4.90 Å². The van der Waals surface area contributed by atoms with Crippen LogP contribution >= 0.6 is 0 Å². The highest BCUT2D eigenvalue weighted by Gasteiger charge is 2.21. The molecular weight excluding hydrogens is 311 g/mol. The lowest BCUT2D eigenvalue weighted by Crippen LogP contribution is -2.49. The molecule has 5 nitrogen and oxygen atoms in total. The highest BCUT2D eigenvalue weighted by molar-refractivity contribution is 5.94. The number of nitrogens with zero attached hydrogens (tertiary/aromatic N) is 2. The third kappa shape index (κ3) is 5.26. The first-order valence-corrected chi connectivity index (χ1v) is 8.44. The number of halogens is 1. The minimum Gasteiger partial charge on any atom is -0.389 e. The Morgan fingerprint density at radius 2 is 1.96 bits per heavy atom. The molecule has 1 aromatic rings. The highest BCUT2D eigenvalue weighted by atomic mass is 19.1. The highest BCUT2D eigenvalue weighted by Crippen LogP contribution is 2.22. The predicted molar refractivity (Wildman–Crippen MR) is 92.2 cm³/mol. The maximum Gasteiger partial charge on any atom is 0.159 e. The summed E-state index contributed by atoms with van der Waals surface area (Å²) in [4.78, 5) is 15.4. The zero-order valence-electron chi connectivity index (χ0n) is 14.7. The zero-order valence-corrected chi connectivity index (χ0v) is 14.7. The molecule has 1 fully saturated rings. The van der Waals surface area contributed by atoms with Crippen molar-refractivity contribution in [1.29, 1.82) is 0 Å². The van der Waals surface area contributed by atoms with Crippen molar-refractivity contribution in [3.63, 3.8) is 0 Å². The molecule has 0 spiro atoms. The third-order valence-corrected chi connectivity index (χ3v) is 4.16. The summed E-state index contributed by atoms with van der Waals surface area (Å²) in [7, 11) is 0. The molecule has 0 bridgehead atoms. The summed E-state index contributed by atoms with van der Waals surface area (Å²) in [6.07, 6.45) is -0.400. The zero-order chi connectivity index (χ0) is 17.7. The van der Waals surface area contributed by atoms with Gasteiger partial charge in [-0.05, 0) is 39.0 Å². The van der Waals surface area contributed by atoms with Crippen LogP contribution in [0.25, 0.3) is 0 Å². The Labute approximate surface area is 143 Å². The number of aliphatic hydroxyl groups excluding tert-OH is 1. The van der Waals surface area contributed by atoms with Crippen molar-refractivity contribution in [2.75, 3.05) is 44.2 Å². The number of ketones is 1. The lowest BCUT2D eigenvalue weighted by atomic mass is 10.1. The van der Waals surface area contributed by atoms with E-state index in [2.05, 4.69) is 4.90 Å². The van der Waals surface area contributed by atoms with Gasteiger partial charge < -0.3 is 14.7 Å². The number of piperazine rings is 1. The number of carbonyl (C=O) groups is 1. The molecule has 0 amide bonds. The second kappa shape index (κ2) is 8.55. The van der Waals surface area contributed by atoms with Crippen LogP contribution in [0.15, 0.2) is 18.2 Å². The van der Waals surface area contributed by atoms with Crippen molar-refractivity contribution in [3.8, 4) is 0 Å². The second-order valence-corrected chi connectivity index (χ2v) is 6.55. The SMILES string of the molecule is CC(=O)c1ccc(N2CCN(CC(O)COC(C)C)CC2)c(F)c1. The molecule has 0 saturated carbocycles. The predicted octanol–water partition coefficient (Wildman–Crippen LogP) is 1.94. The van der Waals surface area contributed by atoms with Crippen molar-refractivity contribution in [3.05, 3.63) is 29.6 Å². The minimum atomic E-state index is -0.509. The molecule has 1 unspecified atom stereocenters. The first-order chi connectivity index (χ1) is 11.4. The fourth-order valence-electron chi connectivity index (χ4n) is 2.81. The number of β-amino-alcohol motifs (C(OH)–C–C–N with tert-alkyl or cyclic N) is 1. The third-order valence-electron chi connectivity index (χ3n) is 4.16. The molecule has 6 heteroatoms. The van der Waals surface area contributed by atoms with Gasteiger partial charge in [0.05, 0.1) is 24.5 Å². The number of hydrogen-bond acceptors (Lipinski definition) is 5. The van der Waals surface area contributed by atoms with Crippen LogP contribution in [0.4, 0.5) is 10.1 Å². The molecule has 134 valence electrons. The van der Waals surface area contributed by atoms with Gasteiger partial charge in [0.15, 0.2) is 5.78 Å². The van der Waals surface area contributed by atoms with E-state index in [1.165, 1.54) is 13.0 Å². The number of anilines is 1. The largest absolute Gasteiger partial charge is 0.389 e. The summed E-state index contributed by atoms with van der Waals surface area (Å²) in [5.41, 5.74) is 0.923.